The molecule has 1 aromatic carbocycles. The number of esters is 1. The van der Waals surface area contributed by atoms with E-state index in [1.807, 2.05) is 0 Å². The maximum Gasteiger partial charge on any atom is 0.525 e. The Kier molecular flexibility index (Phi) is 9.62. The fourth-order valence-corrected chi connectivity index (χ4v) is 3.21. The highest BCUT2D eigenvalue weighted by atomic mass is 31.2. The van der Waals surface area contributed by atoms with E-state index in [0.717, 1.165) is 12.1 Å². The number of hydrogen-bond acceptors (Lipinski definition) is 8. The van der Waals surface area contributed by atoms with E-state index in [9.17, 15) is 24.3 Å². The van der Waals surface area contributed by atoms with E-state index in [-0.39, 0.29) is 19.4 Å². The molecule has 0 aliphatic rings. The molecule has 32 heavy (non-hydrogen) atoms. The van der Waals surface area contributed by atoms with Crippen LogP contribution in [-0.2, 0) is 25.3 Å². The van der Waals surface area contributed by atoms with Gasteiger partial charge in [-0.1, -0.05) is 13.0 Å². The van der Waals surface area contributed by atoms with Crippen molar-refractivity contribution in [3.8, 4) is 5.75 Å². The van der Waals surface area contributed by atoms with Gasteiger partial charge in [-0.05, 0) is 52.2 Å². The Morgan fingerprint density at radius 2 is 1.91 bits per heavy atom. The fraction of sp³-hybridized carbons (Fsp3) is 0.579. The molecular formula is C19H29N2O10P. The summed E-state index contributed by atoms with van der Waals surface area (Å²) in [5.41, 5.74) is -1.05. The third-order valence-electron chi connectivity index (χ3n) is 3.97. The highest BCUT2D eigenvalue weighted by molar-refractivity contribution is 7.46. The molecule has 0 fully saturated rings. The van der Waals surface area contributed by atoms with Gasteiger partial charge in [-0.2, -0.15) is 0 Å². The first kappa shape index (κ1) is 27.3. The second-order valence-electron chi connectivity index (χ2n) is 8.08. The molecule has 0 aliphatic heterocycles. The third-order valence-corrected chi connectivity index (χ3v) is 4.40. The monoisotopic (exact) mass is 476 g/mol. The van der Waals surface area contributed by atoms with Gasteiger partial charge in [-0.3, -0.25) is 24.7 Å². The Balaban J connectivity index is 3.14. The van der Waals surface area contributed by atoms with Gasteiger partial charge in [-0.25, -0.2) is 9.36 Å². The van der Waals surface area contributed by atoms with Crippen molar-refractivity contribution in [2.75, 3.05) is 6.61 Å². The number of alkyl carbamates (subject to hydrolysis) is 1. The first-order valence-corrected chi connectivity index (χ1v) is 11.3. The Hall–Kier alpha value is -2.69. The van der Waals surface area contributed by atoms with Crippen LogP contribution in [0.1, 0.15) is 46.6 Å². The number of carbonyl (C=O) groups excluding carboxylic acids is 2. The van der Waals surface area contributed by atoms with Crippen molar-refractivity contribution in [3.05, 3.63) is 33.9 Å². The van der Waals surface area contributed by atoms with E-state index >= 15 is 0 Å². The van der Waals surface area contributed by atoms with Gasteiger partial charge in [0, 0.05) is 12.1 Å². The van der Waals surface area contributed by atoms with E-state index in [1.54, 1.807) is 34.6 Å². The summed E-state index contributed by atoms with van der Waals surface area (Å²) >= 11 is 0. The predicted molar refractivity (Wildman–Crippen MR) is 113 cm³/mol. The first-order valence-electron chi connectivity index (χ1n) is 9.80. The summed E-state index contributed by atoms with van der Waals surface area (Å²) < 4.78 is 25.7. The topological polar surface area (TPSA) is 175 Å². The van der Waals surface area contributed by atoms with Crippen molar-refractivity contribution in [2.45, 2.75) is 59.1 Å². The average molecular weight is 476 g/mol. The summed E-state index contributed by atoms with van der Waals surface area (Å²) in [6.07, 6.45) is -0.499. The molecule has 0 aromatic heterocycles. The summed E-state index contributed by atoms with van der Waals surface area (Å²) in [5, 5.41) is 14.0. The van der Waals surface area contributed by atoms with Crippen molar-refractivity contribution < 1.29 is 42.9 Å². The molecule has 0 bridgehead atoms. The van der Waals surface area contributed by atoms with Gasteiger partial charge in [0.05, 0.1) is 17.4 Å². The quantitative estimate of drug-likeness (QED) is 0.197. The molecule has 3 N–H and O–H groups in total. The SMILES string of the molecule is CCOC(=O)C(C)C[C@H](Cc1ccc(OP(=O)(O)O)c([N+](=O)[O-])c1)NC(=O)OC(C)(C)C. The van der Waals surface area contributed by atoms with Crippen LogP contribution in [0.5, 0.6) is 5.75 Å². The highest BCUT2D eigenvalue weighted by Crippen LogP contribution is 2.42. The maximum atomic E-state index is 12.3. The number of nitrogens with zero attached hydrogens (tertiary/aromatic N) is 1. The molecule has 0 heterocycles. The lowest BCUT2D eigenvalue weighted by atomic mass is 9.96. The van der Waals surface area contributed by atoms with Gasteiger partial charge in [0.15, 0.2) is 0 Å². The number of phosphoric ester groups is 1. The van der Waals surface area contributed by atoms with Crippen molar-refractivity contribution in [1.82, 2.24) is 5.32 Å². The first-order chi connectivity index (χ1) is 14.6. The molecule has 13 heteroatoms. The molecule has 1 unspecified atom stereocenters. The standard InChI is InChI=1S/C19H29N2O10P/c1-6-29-17(22)12(2)9-14(20-18(23)30-19(3,4)5)10-13-7-8-16(31-32(26,27)28)15(11-13)21(24)25/h7-8,11-12,14H,6,9-10H2,1-5H3,(H,20,23)(H2,26,27,28)/t12?,14-/m1/s1. The van der Waals surface area contributed by atoms with Crippen LogP contribution in [0.2, 0.25) is 0 Å². The van der Waals surface area contributed by atoms with Crippen LogP contribution in [0.3, 0.4) is 0 Å². The number of ether oxygens (including phenoxy) is 2. The second kappa shape index (κ2) is 11.3. The predicted octanol–water partition coefficient (Wildman–Crippen LogP) is 3.09. The summed E-state index contributed by atoms with van der Waals surface area (Å²) in [6.45, 7) is 8.55. The smallest absolute Gasteiger partial charge is 0.466 e. The van der Waals surface area contributed by atoms with Crippen LogP contribution < -0.4 is 9.84 Å². The summed E-state index contributed by atoms with van der Waals surface area (Å²) in [6, 6.07) is 2.87. The Morgan fingerprint density at radius 1 is 1.28 bits per heavy atom. The zero-order valence-corrected chi connectivity index (χ0v) is 19.5. The lowest BCUT2D eigenvalue weighted by Gasteiger charge is -2.25. The summed E-state index contributed by atoms with van der Waals surface area (Å²) in [5.74, 6) is -1.63. The van der Waals surface area contributed by atoms with E-state index < -0.39 is 53.8 Å². The normalized spacial score (nSPS) is 13.6. The Labute approximate surface area is 185 Å². The van der Waals surface area contributed by atoms with Crippen molar-refractivity contribution in [2.24, 2.45) is 5.92 Å². The molecule has 2 atom stereocenters. The van der Waals surface area contributed by atoms with E-state index in [4.69, 9.17) is 19.3 Å². The number of nitro groups is 1. The molecule has 1 aromatic rings. The number of amides is 1. The molecule has 0 saturated carbocycles. The fourth-order valence-electron chi connectivity index (χ4n) is 2.80. The number of nitrogens with one attached hydrogen (secondary N) is 1. The van der Waals surface area contributed by atoms with Crippen LogP contribution in [-0.4, -0.2) is 45.0 Å². The van der Waals surface area contributed by atoms with Gasteiger partial charge in [0.25, 0.3) is 0 Å². The minimum absolute atomic E-state index is 0.0695. The van der Waals surface area contributed by atoms with Crippen molar-refractivity contribution in [1.29, 1.82) is 0 Å². The number of benzene rings is 1. The zero-order valence-electron chi connectivity index (χ0n) is 18.6. The van der Waals surface area contributed by atoms with Crippen LogP contribution in [0.4, 0.5) is 10.5 Å². The van der Waals surface area contributed by atoms with Gasteiger partial charge in [0.2, 0.25) is 5.75 Å². The second-order valence-corrected chi connectivity index (χ2v) is 9.24. The average Bonchev–Trinajstić information content (AvgIpc) is 2.59. The molecule has 0 spiro atoms. The molecule has 12 nitrogen and oxygen atoms in total. The lowest BCUT2D eigenvalue weighted by Crippen LogP contribution is -2.41. The van der Waals surface area contributed by atoms with E-state index in [0.29, 0.717) is 5.56 Å². The minimum atomic E-state index is -5.00. The molecule has 1 amide bonds. The molecule has 0 saturated heterocycles. The molecule has 0 radical (unpaired) electrons. The van der Waals surface area contributed by atoms with Crippen molar-refractivity contribution >= 4 is 25.6 Å². The Morgan fingerprint density at radius 3 is 2.41 bits per heavy atom. The molecule has 0 aliphatic carbocycles. The number of hydrogen-bond donors (Lipinski definition) is 3. The largest absolute Gasteiger partial charge is 0.525 e. The van der Waals surface area contributed by atoms with Gasteiger partial charge >= 0.3 is 25.6 Å². The van der Waals surface area contributed by atoms with Crippen molar-refractivity contribution in [3.63, 3.8) is 0 Å². The van der Waals surface area contributed by atoms with E-state index in [1.165, 1.54) is 6.07 Å². The minimum Gasteiger partial charge on any atom is -0.466 e. The van der Waals surface area contributed by atoms with Crippen LogP contribution >= 0.6 is 7.82 Å². The summed E-state index contributed by atoms with van der Waals surface area (Å²) in [4.78, 5) is 52.7. The number of nitro benzene ring substituents is 1. The zero-order chi connectivity index (χ0) is 24.7. The number of carbonyl (C=O) groups is 2. The van der Waals surface area contributed by atoms with Gasteiger partial charge < -0.3 is 19.3 Å². The highest BCUT2D eigenvalue weighted by Gasteiger charge is 2.27. The van der Waals surface area contributed by atoms with E-state index in [2.05, 4.69) is 9.84 Å². The van der Waals surface area contributed by atoms with Gasteiger partial charge in [0.1, 0.15) is 5.60 Å². The maximum absolute atomic E-state index is 12.3. The van der Waals surface area contributed by atoms with Crippen LogP contribution in [0.25, 0.3) is 0 Å². The third kappa shape index (κ3) is 10.1. The lowest BCUT2D eigenvalue weighted by molar-refractivity contribution is -0.385. The number of rotatable bonds is 10. The molecule has 1 rings (SSSR count). The Bertz CT molecular complexity index is 877. The molecular weight excluding hydrogens is 447 g/mol. The van der Waals surface area contributed by atoms with Crippen LogP contribution in [0.15, 0.2) is 18.2 Å². The van der Waals surface area contributed by atoms with Crippen LogP contribution in [0, 0.1) is 16.0 Å². The molecule has 180 valence electrons. The number of phosphoric acid groups is 1. The van der Waals surface area contributed by atoms with Gasteiger partial charge in [-0.15, -0.1) is 0 Å². The summed E-state index contributed by atoms with van der Waals surface area (Å²) in [7, 11) is -5.00.